The van der Waals surface area contributed by atoms with Gasteiger partial charge in [0.05, 0.1) is 5.56 Å². The molecular weight excluding hydrogens is 443 g/mol. The van der Waals surface area contributed by atoms with E-state index in [1.165, 1.54) is 16.7 Å². The highest BCUT2D eigenvalue weighted by Gasteiger charge is 2.33. The predicted molar refractivity (Wildman–Crippen MR) is 132 cm³/mol. The number of nitrogens with zero attached hydrogens (tertiary/aromatic N) is 2. The molecule has 2 aliphatic heterocycles. The average Bonchev–Trinajstić information content (AvgIpc) is 2.79. The standard InChI is InChI=1S/C26H25ClN2O2.ClH/c27-20-10-8-18(9-11-20)22-5-2-1-4-19(22)16-28-14-15-29-21(17-28)12-13-23-24(26(30)31)6-3-7-25(23)29;/h1-11,21H,12-17H2,(H,30,31);1H/t21-;/m0./s1. The number of rotatable bonds is 4. The Kier molecular flexibility index (Phi) is 6.75. The Bertz CT molecular complexity index is 1120. The molecule has 1 N–H and O–H groups in total. The lowest BCUT2D eigenvalue weighted by Gasteiger charge is -2.46. The highest BCUT2D eigenvalue weighted by molar-refractivity contribution is 6.30. The van der Waals surface area contributed by atoms with Gasteiger partial charge in [0.15, 0.2) is 0 Å². The summed E-state index contributed by atoms with van der Waals surface area (Å²) < 4.78 is 0. The molecular formula is C26H26Cl2N2O2. The molecule has 0 unspecified atom stereocenters. The van der Waals surface area contributed by atoms with Crippen LogP contribution in [-0.2, 0) is 13.0 Å². The molecule has 0 saturated carbocycles. The number of piperazine rings is 1. The molecule has 0 spiro atoms. The van der Waals surface area contributed by atoms with Gasteiger partial charge in [0.2, 0.25) is 0 Å². The van der Waals surface area contributed by atoms with Gasteiger partial charge in [-0.2, -0.15) is 0 Å². The van der Waals surface area contributed by atoms with Crippen LogP contribution < -0.4 is 4.90 Å². The second kappa shape index (κ2) is 9.53. The first-order valence-corrected chi connectivity index (χ1v) is 11.2. The van der Waals surface area contributed by atoms with Gasteiger partial charge < -0.3 is 10.0 Å². The third-order valence-corrected chi connectivity index (χ3v) is 6.80. The van der Waals surface area contributed by atoms with E-state index >= 15 is 0 Å². The third-order valence-electron chi connectivity index (χ3n) is 6.55. The first-order valence-electron chi connectivity index (χ1n) is 10.8. The number of hydrogen-bond acceptors (Lipinski definition) is 3. The number of carboxylic acids is 1. The van der Waals surface area contributed by atoms with E-state index in [1.54, 1.807) is 6.07 Å². The first-order chi connectivity index (χ1) is 15.1. The molecule has 166 valence electrons. The van der Waals surface area contributed by atoms with Crippen LogP contribution in [-0.4, -0.2) is 41.7 Å². The molecule has 0 bridgehead atoms. The number of halogens is 2. The van der Waals surface area contributed by atoms with Crippen molar-refractivity contribution in [3.8, 4) is 11.1 Å². The molecule has 0 radical (unpaired) electrons. The Morgan fingerprint density at radius 2 is 1.78 bits per heavy atom. The van der Waals surface area contributed by atoms with Crippen LogP contribution in [0, 0.1) is 0 Å². The minimum atomic E-state index is -0.826. The summed E-state index contributed by atoms with van der Waals surface area (Å²) in [6.45, 7) is 3.78. The van der Waals surface area contributed by atoms with E-state index in [2.05, 4.69) is 52.3 Å². The van der Waals surface area contributed by atoms with Crippen molar-refractivity contribution < 1.29 is 9.90 Å². The fraction of sp³-hybridized carbons (Fsp3) is 0.269. The van der Waals surface area contributed by atoms with E-state index in [-0.39, 0.29) is 12.4 Å². The van der Waals surface area contributed by atoms with Crippen LogP contribution in [0.5, 0.6) is 0 Å². The summed E-state index contributed by atoms with van der Waals surface area (Å²) in [5.74, 6) is -0.826. The smallest absolute Gasteiger partial charge is 0.336 e. The average molecular weight is 469 g/mol. The zero-order valence-electron chi connectivity index (χ0n) is 17.7. The van der Waals surface area contributed by atoms with Crippen molar-refractivity contribution in [1.82, 2.24) is 4.90 Å². The molecule has 1 fully saturated rings. The van der Waals surface area contributed by atoms with E-state index < -0.39 is 5.97 Å². The van der Waals surface area contributed by atoms with E-state index in [9.17, 15) is 9.90 Å². The van der Waals surface area contributed by atoms with Gasteiger partial charge >= 0.3 is 5.97 Å². The number of anilines is 1. The van der Waals surface area contributed by atoms with Gasteiger partial charge in [-0.05, 0) is 59.4 Å². The normalized spacial score (nSPS) is 17.8. The first kappa shape index (κ1) is 22.7. The minimum absolute atomic E-state index is 0. The van der Waals surface area contributed by atoms with Gasteiger partial charge in [-0.15, -0.1) is 12.4 Å². The number of carbonyl (C=O) groups is 1. The summed E-state index contributed by atoms with van der Waals surface area (Å²) in [5, 5.41) is 10.3. The van der Waals surface area contributed by atoms with Crippen LogP contribution in [0.15, 0.2) is 66.7 Å². The predicted octanol–water partition coefficient (Wildman–Crippen LogP) is 5.76. The van der Waals surface area contributed by atoms with Gasteiger partial charge in [0.1, 0.15) is 0 Å². The molecule has 5 rings (SSSR count). The molecule has 0 aliphatic carbocycles. The fourth-order valence-corrected chi connectivity index (χ4v) is 5.18. The summed E-state index contributed by atoms with van der Waals surface area (Å²) in [6.07, 6.45) is 1.82. The second-order valence-electron chi connectivity index (χ2n) is 8.39. The SMILES string of the molecule is Cl.O=C(O)c1cccc2c1CC[C@H]1CN(Cc3ccccc3-c3ccc(Cl)cc3)CCN21. The third kappa shape index (κ3) is 4.36. The monoisotopic (exact) mass is 468 g/mol. The highest BCUT2D eigenvalue weighted by atomic mass is 35.5. The number of hydrogen-bond donors (Lipinski definition) is 1. The highest BCUT2D eigenvalue weighted by Crippen LogP contribution is 2.35. The molecule has 1 atom stereocenters. The Morgan fingerprint density at radius 1 is 1.00 bits per heavy atom. The van der Waals surface area contributed by atoms with Crippen LogP contribution in [0.25, 0.3) is 11.1 Å². The summed E-state index contributed by atoms with van der Waals surface area (Å²) >= 11 is 6.08. The van der Waals surface area contributed by atoms with Crippen molar-refractivity contribution >= 4 is 35.7 Å². The van der Waals surface area contributed by atoms with E-state index in [4.69, 9.17) is 11.6 Å². The van der Waals surface area contributed by atoms with E-state index in [0.717, 1.165) is 55.3 Å². The van der Waals surface area contributed by atoms with Crippen LogP contribution >= 0.6 is 24.0 Å². The Hall–Kier alpha value is -2.53. The zero-order chi connectivity index (χ0) is 21.4. The fourth-order valence-electron chi connectivity index (χ4n) is 5.06. The van der Waals surface area contributed by atoms with Crippen LogP contribution in [0.3, 0.4) is 0 Å². The van der Waals surface area contributed by atoms with Gasteiger partial charge in [-0.25, -0.2) is 4.79 Å². The maximum atomic E-state index is 11.6. The molecule has 4 nitrogen and oxygen atoms in total. The molecule has 6 heteroatoms. The molecule has 0 amide bonds. The zero-order valence-corrected chi connectivity index (χ0v) is 19.3. The van der Waals surface area contributed by atoms with Gasteiger partial charge in [0, 0.05) is 42.9 Å². The maximum absolute atomic E-state index is 11.6. The summed E-state index contributed by atoms with van der Waals surface area (Å²) in [6, 6.07) is 22.7. The Morgan fingerprint density at radius 3 is 2.56 bits per heavy atom. The Labute approximate surface area is 199 Å². The van der Waals surface area contributed by atoms with Gasteiger partial charge in [0.25, 0.3) is 0 Å². The number of benzene rings is 3. The van der Waals surface area contributed by atoms with Crippen LogP contribution in [0.1, 0.15) is 27.9 Å². The molecule has 32 heavy (non-hydrogen) atoms. The molecule has 1 saturated heterocycles. The van der Waals surface area contributed by atoms with Crippen LogP contribution in [0.4, 0.5) is 5.69 Å². The Balaban J connectivity index is 0.00000245. The summed E-state index contributed by atoms with van der Waals surface area (Å²) in [5.41, 5.74) is 6.32. The topological polar surface area (TPSA) is 43.8 Å². The van der Waals surface area contributed by atoms with E-state index in [0.29, 0.717) is 11.6 Å². The molecule has 2 aliphatic rings. The van der Waals surface area contributed by atoms with E-state index in [1.807, 2.05) is 18.2 Å². The largest absolute Gasteiger partial charge is 0.478 e. The van der Waals surface area contributed by atoms with Crippen molar-refractivity contribution in [1.29, 1.82) is 0 Å². The van der Waals surface area contributed by atoms with Crippen molar-refractivity contribution in [2.24, 2.45) is 0 Å². The lowest BCUT2D eigenvalue weighted by atomic mass is 9.90. The number of aromatic carboxylic acids is 1. The maximum Gasteiger partial charge on any atom is 0.336 e. The van der Waals surface area contributed by atoms with Crippen molar-refractivity contribution in [3.63, 3.8) is 0 Å². The summed E-state index contributed by atoms with van der Waals surface area (Å²) in [4.78, 5) is 16.6. The van der Waals surface area contributed by atoms with Crippen molar-refractivity contribution in [2.45, 2.75) is 25.4 Å². The number of carboxylic acid groups (broad SMARTS) is 1. The van der Waals surface area contributed by atoms with Crippen molar-refractivity contribution in [2.75, 3.05) is 24.5 Å². The van der Waals surface area contributed by atoms with Gasteiger partial charge in [-0.3, -0.25) is 4.90 Å². The van der Waals surface area contributed by atoms with Crippen molar-refractivity contribution in [3.05, 3.63) is 88.4 Å². The lowest BCUT2D eigenvalue weighted by Crippen LogP contribution is -2.54. The quantitative estimate of drug-likeness (QED) is 0.528. The molecule has 0 aromatic heterocycles. The molecule has 2 heterocycles. The van der Waals surface area contributed by atoms with Crippen LogP contribution in [0.2, 0.25) is 5.02 Å². The lowest BCUT2D eigenvalue weighted by molar-refractivity contribution is 0.0695. The molecule has 3 aromatic rings. The number of fused-ring (bicyclic) bond motifs is 3. The minimum Gasteiger partial charge on any atom is -0.478 e. The summed E-state index contributed by atoms with van der Waals surface area (Å²) in [7, 11) is 0. The second-order valence-corrected chi connectivity index (χ2v) is 8.83. The van der Waals surface area contributed by atoms with Gasteiger partial charge in [-0.1, -0.05) is 54.1 Å². The molecule has 3 aromatic carbocycles.